The number of aromatic nitrogens is 1. The van der Waals surface area contributed by atoms with E-state index < -0.39 is 0 Å². The Morgan fingerprint density at radius 2 is 2.33 bits per heavy atom. The van der Waals surface area contributed by atoms with Crippen LogP contribution < -0.4 is 0 Å². The van der Waals surface area contributed by atoms with Crippen LogP contribution in [0.4, 0.5) is 0 Å². The Morgan fingerprint density at radius 3 is 2.93 bits per heavy atom. The highest BCUT2D eigenvalue weighted by molar-refractivity contribution is 6.31. The Kier molecular flexibility index (Phi) is 3.27. The molecule has 2 unspecified atom stereocenters. The summed E-state index contributed by atoms with van der Waals surface area (Å²) in [5.74, 6) is 1.11. The normalized spacial score (nSPS) is 19.9. The number of rotatable bonds is 4. The van der Waals surface area contributed by atoms with Gasteiger partial charge in [-0.05, 0) is 36.3 Å². The highest BCUT2D eigenvalue weighted by Gasteiger charge is 2.32. The average molecular weight is 226 g/mol. The molecule has 0 bridgehead atoms. The zero-order valence-corrected chi connectivity index (χ0v) is 9.61. The van der Waals surface area contributed by atoms with Crippen molar-refractivity contribution in [2.45, 2.75) is 32.3 Å². The predicted molar refractivity (Wildman–Crippen MR) is 60.8 cm³/mol. The lowest BCUT2D eigenvalue weighted by atomic mass is 9.94. The number of hydrogen-bond donors (Lipinski definition) is 1. The maximum absolute atomic E-state index is 10.0. The fraction of sp³-hybridized carbons (Fsp3) is 0.583. The van der Waals surface area contributed by atoms with Crippen LogP contribution in [0.25, 0.3) is 0 Å². The molecule has 1 fully saturated rings. The Balaban J connectivity index is 1.98. The minimum atomic E-state index is -0.280. The Labute approximate surface area is 95.3 Å². The molecule has 1 aromatic heterocycles. The summed E-state index contributed by atoms with van der Waals surface area (Å²) in [7, 11) is 0. The van der Waals surface area contributed by atoms with E-state index in [1.807, 2.05) is 6.07 Å². The molecule has 0 saturated heterocycles. The smallest absolute Gasteiger partial charge is 0.0622 e. The van der Waals surface area contributed by atoms with Gasteiger partial charge in [-0.2, -0.15) is 0 Å². The molecule has 82 valence electrons. The Bertz CT molecular complexity index is 338. The molecule has 0 aromatic carbocycles. The van der Waals surface area contributed by atoms with Gasteiger partial charge in [-0.25, -0.2) is 0 Å². The summed E-state index contributed by atoms with van der Waals surface area (Å²) >= 11 is 5.99. The summed E-state index contributed by atoms with van der Waals surface area (Å²) < 4.78 is 0. The van der Waals surface area contributed by atoms with Gasteiger partial charge in [-0.1, -0.05) is 18.5 Å². The van der Waals surface area contributed by atoms with Crippen LogP contribution in [0.5, 0.6) is 0 Å². The van der Waals surface area contributed by atoms with E-state index in [2.05, 4.69) is 11.9 Å². The van der Waals surface area contributed by atoms with E-state index in [0.29, 0.717) is 17.4 Å². The van der Waals surface area contributed by atoms with E-state index in [0.717, 1.165) is 11.5 Å². The van der Waals surface area contributed by atoms with Gasteiger partial charge in [0.2, 0.25) is 0 Å². The summed E-state index contributed by atoms with van der Waals surface area (Å²) in [6.07, 6.45) is 6.24. The van der Waals surface area contributed by atoms with Crippen molar-refractivity contribution in [3.63, 3.8) is 0 Å². The van der Waals surface area contributed by atoms with E-state index in [4.69, 9.17) is 11.6 Å². The van der Waals surface area contributed by atoms with Gasteiger partial charge >= 0.3 is 0 Å². The van der Waals surface area contributed by atoms with Gasteiger partial charge in [-0.15, -0.1) is 0 Å². The molecule has 1 N–H and O–H groups in total. The van der Waals surface area contributed by atoms with Crippen molar-refractivity contribution in [2.75, 3.05) is 0 Å². The molecule has 0 spiro atoms. The molecular weight excluding hydrogens is 210 g/mol. The van der Waals surface area contributed by atoms with E-state index in [-0.39, 0.29) is 6.10 Å². The van der Waals surface area contributed by atoms with Crippen LogP contribution >= 0.6 is 11.6 Å². The lowest BCUT2D eigenvalue weighted by molar-refractivity contribution is 0.105. The van der Waals surface area contributed by atoms with Crippen LogP contribution in [0.1, 0.15) is 25.3 Å². The molecule has 15 heavy (non-hydrogen) atoms. The molecule has 1 aliphatic carbocycles. The topological polar surface area (TPSA) is 33.1 Å². The Hall–Kier alpha value is -0.600. The second-order valence-corrected chi connectivity index (χ2v) is 4.84. The van der Waals surface area contributed by atoms with Crippen LogP contribution in [0.15, 0.2) is 18.5 Å². The summed E-state index contributed by atoms with van der Waals surface area (Å²) in [5, 5.41) is 10.7. The molecule has 0 amide bonds. The van der Waals surface area contributed by atoms with Crippen molar-refractivity contribution in [3.8, 4) is 0 Å². The van der Waals surface area contributed by atoms with Crippen LogP contribution in [-0.2, 0) is 6.42 Å². The molecule has 2 nitrogen and oxygen atoms in total. The molecule has 2 atom stereocenters. The quantitative estimate of drug-likeness (QED) is 0.855. The van der Waals surface area contributed by atoms with Gasteiger partial charge in [0, 0.05) is 18.8 Å². The fourth-order valence-corrected chi connectivity index (χ4v) is 2.11. The highest BCUT2D eigenvalue weighted by Crippen LogP contribution is 2.39. The maximum Gasteiger partial charge on any atom is 0.0622 e. The van der Waals surface area contributed by atoms with Gasteiger partial charge in [0.1, 0.15) is 0 Å². The van der Waals surface area contributed by atoms with E-state index in [1.165, 1.54) is 12.8 Å². The zero-order valence-electron chi connectivity index (χ0n) is 8.86. The molecule has 1 aromatic rings. The third-order valence-electron chi connectivity index (χ3n) is 3.26. The molecule has 1 heterocycles. The minimum absolute atomic E-state index is 0.280. The standard InChI is InChI=1S/C12H16ClNO/c1-8(9-2-3-9)12(15)6-10-4-5-14-7-11(10)13/h4-5,7-9,12,15H,2-3,6H2,1H3. The maximum atomic E-state index is 10.0. The van der Waals surface area contributed by atoms with Gasteiger partial charge in [-0.3, -0.25) is 4.98 Å². The first kappa shape index (κ1) is 10.9. The number of hydrogen-bond acceptors (Lipinski definition) is 2. The lowest BCUT2D eigenvalue weighted by Crippen LogP contribution is -2.22. The number of aliphatic hydroxyl groups is 1. The molecule has 3 heteroatoms. The monoisotopic (exact) mass is 225 g/mol. The SMILES string of the molecule is CC(C(O)Cc1ccncc1Cl)C1CC1. The Morgan fingerprint density at radius 1 is 1.60 bits per heavy atom. The van der Waals surface area contributed by atoms with Crippen LogP contribution in [0, 0.1) is 11.8 Å². The summed E-state index contributed by atoms with van der Waals surface area (Å²) in [6.45, 7) is 2.12. The number of aliphatic hydroxyl groups excluding tert-OH is 1. The van der Waals surface area contributed by atoms with Gasteiger partial charge in [0.15, 0.2) is 0 Å². The van der Waals surface area contributed by atoms with Crippen LogP contribution in [0.2, 0.25) is 5.02 Å². The number of pyridine rings is 1. The predicted octanol–water partition coefficient (Wildman–Crippen LogP) is 2.68. The van der Waals surface area contributed by atoms with Gasteiger partial charge < -0.3 is 5.11 Å². The van der Waals surface area contributed by atoms with Crippen LogP contribution in [-0.4, -0.2) is 16.2 Å². The first-order chi connectivity index (χ1) is 7.18. The van der Waals surface area contributed by atoms with Crippen molar-refractivity contribution in [3.05, 3.63) is 29.0 Å². The van der Waals surface area contributed by atoms with Crippen molar-refractivity contribution < 1.29 is 5.11 Å². The summed E-state index contributed by atoms with van der Waals surface area (Å²) in [4.78, 5) is 3.93. The van der Waals surface area contributed by atoms with E-state index in [9.17, 15) is 5.11 Å². The molecule has 2 rings (SSSR count). The second kappa shape index (κ2) is 4.50. The molecule has 0 radical (unpaired) electrons. The van der Waals surface area contributed by atoms with Gasteiger partial charge in [0.05, 0.1) is 11.1 Å². The van der Waals surface area contributed by atoms with Crippen molar-refractivity contribution in [2.24, 2.45) is 11.8 Å². The first-order valence-electron chi connectivity index (χ1n) is 5.45. The molecular formula is C12H16ClNO. The third-order valence-corrected chi connectivity index (χ3v) is 3.60. The molecule has 1 aliphatic rings. The van der Waals surface area contributed by atoms with E-state index in [1.54, 1.807) is 12.4 Å². The van der Waals surface area contributed by atoms with Crippen molar-refractivity contribution in [1.29, 1.82) is 0 Å². The number of halogens is 1. The minimum Gasteiger partial charge on any atom is -0.392 e. The average Bonchev–Trinajstić information content (AvgIpc) is 3.04. The van der Waals surface area contributed by atoms with Crippen LogP contribution in [0.3, 0.4) is 0 Å². The van der Waals surface area contributed by atoms with Crippen molar-refractivity contribution in [1.82, 2.24) is 4.98 Å². The third kappa shape index (κ3) is 2.70. The number of nitrogens with zero attached hydrogens (tertiary/aromatic N) is 1. The lowest BCUT2D eigenvalue weighted by Gasteiger charge is -2.18. The second-order valence-electron chi connectivity index (χ2n) is 4.44. The highest BCUT2D eigenvalue weighted by atomic mass is 35.5. The summed E-state index contributed by atoms with van der Waals surface area (Å²) in [6, 6.07) is 1.88. The zero-order chi connectivity index (χ0) is 10.8. The summed E-state index contributed by atoms with van der Waals surface area (Å²) in [5.41, 5.74) is 0.992. The first-order valence-corrected chi connectivity index (χ1v) is 5.82. The fourth-order valence-electron chi connectivity index (χ4n) is 1.92. The van der Waals surface area contributed by atoms with Gasteiger partial charge in [0.25, 0.3) is 0 Å². The van der Waals surface area contributed by atoms with Crippen molar-refractivity contribution >= 4 is 11.6 Å². The largest absolute Gasteiger partial charge is 0.392 e. The van der Waals surface area contributed by atoms with E-state index >= 15 is 0 Å². The molecule has 0 aliphatic heterocycles. The molecule has 1 saturated carbocycles.